The minimum atomic E-state index is -4.29. The number of halogens is 3. The van der Waals surface area contributed by atoms with Gasteiger partial charge in [0, 0.05) is 12.5 Å². The standard InChI is InChI=1S/C10H19F3N2O2S/c1-8-7-14-5-3-9(8)15-18(16,17)6-2-4-10(11,12)13/h8-9,14-15H,2-7H2,1H3/t8-,9+/m0/s1. The van der Waals surface area contributed by atoms with Gasteiger partial charge in [-0.1, -0.05) is 6.92 Å². The molecule has 0 radical (unpaired) electrons. The summed E-state index contributed by atoms with van der Waals surface area (Å²) in [6, 6.07) is -0.179. The Bertz CT molecular complexity index is 357. The topological polar surface area (TPSA) is 58.2 Å². The van der Waals surface area contributed by atoms with E-state index in [4.69, 9.17) is 0 Å². The van der Waals surface area contributed by atoms with Crippen molar-refractivity contribution in [3.8, 4) is 0 Å². The predicted octanol–water partition coefficient (Wildman–Crippen LogP) is 1.25. The van der Waals surface area contributed by atoms with E-state index in [2.05, 4.69) is 10.0 Å². The smallest absolute Gasteiger partial charge is 0.316 e. The van der Waals surface area contributed by atoms with Crippen molar-refractivity contribution in [2.75, 3.05) is 18.8 Å². The Hall–Kier alpha value is -0.340. The Labute approximate surface area is 105 Å². The molecule has 0 bridgehead atoms. The molecule has 0 spiro atoms. The van der Waals surface area contributed by atoms with Gasteiger partial charge in [-0.25, -0.2) is 13.1 Å². The quantitative estimate of drug-likeness (QED) is 0.800. The van der Waals surface area contributed by atoms with Gasteiger partial charge in [-0.2, -0.15) is 13.2 Å². The number of hydrogen-bond donors (Lipinski definition) is 2. The lowest BCUT2D eigenvalue weighted by Gasteiger charge is -2.29. The van der Waals surface area contributed by atoms with Gasteiger partial charge in [0.25, 0.3) is 0 Å². The number of alkyl halides is 3. The average molecular weight is 288 g/mol. The molecule has 8 heteroatoms. The van der Waals surface area contributed by atoms with Crippen LogP contribution >= 0.6 is 0 Å². The van der Waals surface area contributed by atoms with Gasteiger partial charge in [-0.15, -0.1) is 0 Å². The summed E-state index contributed by atoms with van der Waals surface area (Å²) in [5.74, 6) is -0.320. The van der Waals surface area contributed by atoms with E-state index in [0.717, 1.165) is 13.1 Å². The minimum Gasteiger partial charge on any atom is -0.316 e. The van der Waals surface area contributed by atoms with Crippen molar-refractivity contribution in [2.24, 2.45) is 5.92 Å². The van der Waals surface area contributed by atoms with Gasteiger partial charge in [0.15, 0.2) is 0 Å². The predicted molar refractivity (Wildman–Crippen MR) is 62.7 cm³/mol. The van der Waals surface area contributed by atoms with Crippen LogP contribution in [-0.4, -0.2) is 39.5 Å². The van der Waals surface area contributed by atoms with Crippen LogP contribution in [0, 0.1) is 5.92 Å². The summed E-state index contributed by atoms with van der Waals surface area (Å²) in [6.45, 7) is 3.35. The monoisotopic (exact) mass is 288 g/mol. The van der Waals surface area contributed by atoms with Gasteiger partial charge in [0.1, 0.15) is 0 Å². The van der Waals surface area contributed by atoms with Gasteiger partial charge in [-0.05, 0) is 31.8 Å². The molecule has 0 aromatic rings. The largest absolute Gasteiger partial charge is 0.389 e. The van der Waals surface area contributed by atoms with Crippen molar-refractivity contribution < 1.29 is 21.6 Å². The first kappa shape index (κ1) is 15.7. The molecule has 1 heterocycles. The first-order chi connectivity index (χ1) is 8.20. The summed E-state index contributed by atoms with van der Waals surface area (Å²) in [5.41, 5.74) is 0. The maximum absolute atomic E-state index is 11.9. The molecule has 1 rings (SSSR count). The van der Waals surface area contributed by atoms with Crippen LogP contribution in [-0.2, 0) is 10.0 Å². The first-order valence-corrected chi connectivity index (χ1v) is 7.62. The van der Waals surface area contributed by atoms with Crippen LogP contribution in [0.1, 0.15) is 26.2 Å². The fraction of sp³-hybridized carbons (Fsp3) is 1.00. The Morgan fingerprint density at radius 3 is 2.61 bits per heavy atom. The highest BCUT2D eigenvalue weighted by atomic mass is 32.2. The van der Waals surface area contributed by atoms with Crippen molar-refractivity contribution in [3.05, 3.63) is 0 Å². The molecular weight excluding hydrogens is 269 g/mol. The normalized spacial score (nSPS) is 26.2. The molecular formula is C10H19F3N2O2S. The molecule has 1 saturated heterocycles. The summed E-state index contributed by atoms with van der Waals surface area (Å²) in [6.07, 6.45) is -5.08. The molecule has 4 nitrogen and oxygen atoms in total. The van der Waals surface area contributed by atoms with Crippen LogP contribution in [0.25, 0.3) is 0 Å². The van der Waals surface area contributed by atoms with E-state index in [0.29, 0.717) is 6.42 Å². The molecule has 0 aromatic heterocycles. The zero-order valence-electron chi connectivity index (χ0n) is 10.3. The van der Waals surface area contributed by atoms with E-state index in [1.165, 1.54) is 0 Å². The summed E-state index contributed by atoms with van der Waals surface area (Å²) in [7, 11) is -3.61. The SMILES string of the molecule is C[C@H]1CNCC[C@H]1NS(=O)(=O)CCCC(F)(F)F. The van der Waals surface area contributed by atoms with Crippen molar-refractivity contribution in [1.82, 2.24) is 10.0 Å². The van der Waals surface area contributed by atoms with E-state index in [9.17, 15) is 21.6 Å². The van der Waals surface area contributed by atoms with Crippen LogP contribution < -0.4 is 10.0 Å². The van der Waals surface area contributed by atoms with E-state index in [1.807, 2.05) is 6.92 Å². The lowest BCUT2D eigenvalue weighted by molar-refractivity contribution is -0.134. The summed E-state index contributed by atoms with van der Waals surface area (Å²) in [4.78, 5) is 0. The first-order valence-electron chi connectivity index (χ1n) is 5.97. The van der Waals surface area contributed by atoms with E-state index in [-0.39, 0.29) is 12.0 Å². The lowest BCUT2D eigenvalue weighted by atomic mass is 9.97. The number of piperidine rings is 1. The summed E-state index contributed by atoms with van der Waals surface area (Å²) in [5, 5.41) is 3.13. The highest BCUT2D eigenvalue weighted by Crippen LogP contribution is 2.21. The van der Waals surface area contributed by atoms with Crippen LogP contribution in [0.2, 0.25) is 0 Å². The van der Waals surface area contributed by atoms with Gasteiger partial charge >= 0.3 is 6.18 Å². The molecule has 18 heavy (non-hydrogen) atoms. The van der Waals surface area contributed by atoms with Crippen LogP contribution in [0.5, 0.6) is 0 Å². The second kappa shape index (κ2) is 6.21. The Morgan fingerprint density at radius 1 is 1.39 bits per heavy atom. The molecule has 0 aromatic carbocycles. The molecule has 0 amide bonds. The fourth-order valence-corrected chi connectivity index (χ4v) is 3.40. The fourth-order valence-electron chi connectivity index (χ4n) is 1.94. The lowest BCUT2D eigenvalue weighted by Crippen LogP contribution is -2.48. The third kappa shape index (κ3) is 6.01. The van der Waals surface area contributed by atoms with Crippen molar-refractivity contribution in [3.63, 3.8) is 0 Å². The highest BCUT2D eigenvalue weighted by molar-refractivity contribution is 7.89. The third-order valence-corrected chi connectivity index (χ3v) is 4.48. The van der Waals surface area contributed by atoms with Gasteiger partial charge in [0.05, 0.1) is 5.75 Å². The average Bonchev–Trinajstić information content (AvgIpc) is 2.18. The van der Waals surface area contributed by atoms with E-state index < -0.39 is 34.8 Å². The van der Waals surface area contributed by atoms with Crippen molar-refractivity contribution in [2.45, 2.75) is 38.4 Å². The van der Waals surface area contributed by atoms with Gasteiger partial charge < -0.3 is 5.32 Å². The van der Waals surface area contributed by atoms with Crippen molar-refractivity contribution >= 4 is 10.0 Å². The van der Waals surface area contributed by atoms with Crippen molar-refractivity contribution in [1.29, 1.82) is 0 Å². The number of sulfonamides is 1. The summed E-state index contributed by atoms with van der Waals surface area (Å²) >= 11 is 0. The Balaban J connectivity index is 2.39. The maximum atomic E-state index is 11.9. The molecule has 1 aliphatic heterocycles. The molecule has 0 saturated carbocycles. The van der Waals surface area contributed by atoms with Gasteiger partial charge in [0.2, 0.25) is 10.0 Å². The molecule has 108 valence electrons. The summed E-state index contributed by atoms with van der Waals surface area (Å²) < 4.78 is 61.5. The van der Waals surface area contributed by atoms with Crippen LogP contribution in [0.3, 0.4) is 0 Å². The zero-order valence-corrected chi connectivity index (χ0v) is 11.1. The molecule has 1 aliphatic rings. The van der Waals surface area contributed by atoms with Crippen LogP contribution in [0.4, 0.5) is 13.2 Å². The van der Waals surface area contributed by atoms with Crippen LogP contribution in [0.15, 0.2) is 0 Å². The molecule has 0 aliphatic carbocycles. The second-order valence-electron chi connectivity index (χ2n) is 4.73. The molecule has 0 unspecified atom stereocenters. The molecule has 2 N–H and O–H groups in total. The molecule has 1 fully saturated rings. The Kier molecular flexibility index (Phi) is 5.42. The second-order valence-corrected chi connectivity index (χ2v) is 6.61. The van der Waals surface area contributed by atoms with E-state index in [1.54, 1.807) is 0 Å². The van der Waals surface area contributed by atoms with Gasteiger partial charge in [-0.3, -0.25) is 0 Å². The Morgan fingerprint density at radius 2 is 2.06 bits per heavy atom. The number of nitrogens with one attached hydrogen (secondary N) is 2. The maximum Gasteiger partial charge on any atom is 0.389 e. The highest BCUT2D eigenvalue weighted by Gasteiger charge is 2.29. The number of hydrogen-bond acceptors (Lipinski definition) is 3. The minimum absolute atomic E-state index is 0.149. The van der Waals surface area contributed by atoms with E-state index >= 15 is 0 Å². The zero-order chi connectivity index (χ0) is 13.8. The third-order valence-electron chi connectivity index (χ3n) is 2.99. The molecule has 2 atom stereocenters. The number of rotatable bonds is 5.